The van der Waals surface area contributed by atoms with Gasteiger partial charge in [0.05, 0.1) is 5.56 Å². The Balaban J connectivity index is 0.000000298. The van der Waals surface area contributed by atoms with Gasteiger partial charge in [0, 0.05) is 25.0 Å². The van der Waals surface area contributed by atoms with Gasteiger partial charge in [-0.25, -0.2) is 9.18 Å². The fraction of sp³-hybridized carbons (Fsp3) is 0.529. The highest BCUT2D eigenvalue weighted by atomic mass is 19.4. The van der Waals surface area contributed by atoms with Crippen molar-refractivity contribution in [3.05, 3.63) is 35.1 Å². The molecule has 2 saturated heterocycles. The summed E-state index contributed by atoms with van der Waals surface area (Å²) in [4.78, 5) is 25.3. The van der Waals surface area contributed by atoms with Crippen LogP contribution in [0, 0.1) is 18.2 Å². The lowest BCUT2D eigenvalue weighted by atomic mass is 9.78. The van der Waals surface area contributed by atoms with Crippen LogP contribution in [0.4, 0.5) is 17.6 Å². The van der Waals surface area contributed by atoms with Crippen LogP contribution in [-0.4, -0.2) is 66.2 Å². The van der Waals surface area contributed by atoms with Gasteiger partial charge in [0.15, 0.2) is 0 Å². The Hall–Kier alpha value is -2.16. The summed E-state index contributed by atoms with van der Waals surface area (Å²) in [6.45, 7) is 5.47. The number of aliphatic carboxylic acids is 1. The van der Waals surface area contributed by atoms with Gasteiger partial charge >= 0.3 is 12.1 Å². The van der Waals surface area contributed by atoms with Gasteiger partial charge in [0.1, 0.15) is 5.82 Å². The van der Waals surface area contributed by atoms with Crippen molar-refractivity contribution in [2.75, 3.05) is 33.2 Å². The molecule has 0 aromatic heterocycles. The first-order chi connectivity index (χ1) is 11.9. The molecule has 0 bridgehead atoms. The molecule has 1 aromatic carbocycles. The number of hydrogen-bond acceptors (Lipinski definition) is 3. The normalized spacial score (nSPS) is 18.9. The zero-order chi connectivity index (χ0) is 19.7. The van der Waals surface area contributed by atoms with E-state index < -0.39 is 18.0 Å². The number of benzene rings is 1. The van der Waals surface area contributed by atoms with Crippen molar-refractivity contribution in [1.29, 1.82) is 0 Å². The fourth-order valence-electron chi connectivity index (χ4n) is 3.38. The Bertz CT molecular complexity index is 679. The van der Waals surface area contributed by atoms with Gasteiger partial charge in [-0.1, -0.05) is 12.1 Å². The molecular weight excluding hydrogens is 356 g/mol. The van der Waals surface area contributed by atoms with Crippen LogP contribution >= 0.6 is 0 Å². The number of carboxylic acids is 1. The van der Waals surface area contributed by atoms with Crippen molar-refractivity contribution in [3.63, 3.8) is 0 Å². The third-order valence-corrected chi connectivity index (χ3v) is 4.65. The van der Waals surface area contributed by atoms with Crippen molar-refractivity contribution in [1.82, 2.24) is 9.80 Å². The lowest BCUT2D eigenvalue weighted by molar-refractivity contribution is -0.192. The number of rotatable bonds is 1. The quantitative estimate of drug-likeness (QED) is 0.766. The van der Waals surface area contributed by atoms with Crippen LogP contribution in [-0.2, 0) is 4.79 Å². The topological polar surface area (TPSA) is 60.9 Å². The first-order valence-electron chi connectivity index (χ1n) is 7.98. The molecule has 1 N–H and O–H groups in total. The second-order valence-electron chi connectivity index (χ2n) is 6.88. The van der Waals surface area contributed by atoms with E-state index in [1.165, 1.54) is 6.07 Å². The standard InChI is InChI=1S/C15H19FN2O.C2HF3O2/c1-11-4-3-5-12(16)13(11)14(19)18-9-15(10-18)6-7-17(2)8-15;3-2(4,5)1(6)7/h3-5H,6-10H2,1-2H3;(H,6,7). The maximum atomic E-state index is 13.8. The molecule has 0 atom stereocenters. The molecule has 2 aliphatic heterocycles. The number of aryl methyl sites for hydroxylation is 1. The molecular formula is C17H20F4N2O3. The van der Waals surface area contributed by atoms with E-state index in [0.717, 1.165) is 38.2 Å². The van der Waals surface area contributed by atoms with E-state index in [4.69, 9.17) is 9.90 Å². The van der Waals surface area contributed by atoms with Crippen LogP contribution in [0.2, 0.25) is 0 Å². The lowest BCUT2D eigenvalue weighted by Gasteiger charge is -2.48. The molecule has 3 rings (SSSR count). The zero-order valence-corrected chi connectivity index (χ0v) is 14.4. The fourth-order valence-corrected chi connectivity index (χ4v) is 3.38. The van der Waals surface area contributed by atoms with E-state index in [9.17, 15) is 22.4 Å². The first-order valence-corrected chi connectivity index (χ1v) is 7.98. The molecule has 1 spiro atoms. The number of nitrogens with zero attached hydrogens (tertiary/aromatic N) is 2. The third-order valence-electron chi connectivity index (χ3n) is 4.65. The van der Waals surface area contributed by atoms with Crippen LogP contribution in [0.15, 0.2) is 18.2 Å². The Morgan fingerprint density at radius 2 is 1.77 bits per heavy atom. The number of carbonyl (C=O) groups is 2. The summed E-state index contributed by atoms with van der Waals surface area (Å²) in [6.07, 6.45) is -3.94. The minimum absolute atomic E-state index is 0.157. The number of hydrogen-bond donors (Lipinski definition) is 1. The van der Waals surface area contributed by atoms with E-state index >= 15 is 0 Å². The summed E-state index contributed by atoms with van der Waals surface area (Å²) in [7, 11) is 2.11. The maximum absolute atomic E-state index is 13.8. The van der Waals surface area contributed by atoms with Crippen molar-refractivity contribution in [2.45, 2.75) is 19.5 Å². The predicted molar refractivity (Wildman–Crippen MR) is 85.3 cm³/mol. The van der Waals surface area contributed by atoms with Gasteiger partial charge in [-0.15, -0.1) is 0 Å². The van der Waals surface area contributed by atoms with Crippen molar-refractivity contribution in [3.8, 4) is 0 Å². The molecule has 0 aliphatic carbocycles. The minimum Gasteiger partial charge on any atom is -0.475 e. The lowest BCUT2D eigenvalue weighted by Crippen LogP contribution is -2.59. The summed E-state index contributed by atoms with van der Waals surface area (Å²) in [5, 5.41) is 7.12. The largest absolute Gasteiger partial charge is 0.490 e. The summed E-state index contributed by atoms with van der Waals surface area (Å²) in [5.41, 5.74) is 1.22. The smallest absolute Gasteiger partial charge is 0.475 e. The second kappa shape index (κ2) is 7.22. The molecule has 0 radical (unpaired) electrons. The minimum atomic E-state index is -5.08. The van der Waals surface area contributed by atoms with E-state index in [2.05, 4.69) is 11.9 Å². The van der Waals surface area contributed by atoms with E-state index in [1.807, 2.05) is 0 Å². The van der Waals surface area contributed by atoms with Gasteiger partial charge < -0.3 is 14.9 Å². The van der Waals surface area contributed by atoms with Crippen LogP contribution in [0.25, 0.3) is 0 Å². The van der Waals surface area contributed by atoms with Gasteiger partial charge in [-0.05, 0) is 38.6 Å². The molecule has 5 nitrogen and oxygen atoms in total. The molecule has 1 aromatic rings. The second-order valence-corrected chi connectivity index (χ2v) is 6.88. The number of halogens is 4. The molecule has 2 heterocycles. The molecule has 2 aliphatic rings. The van der Waals surface area contributed by atoms with E-state index in [1.54, 1.807) is 24.0 Å². The highest BCUT2D eigenvalue weighted by Crippen LogP contribution is 2.39. The van der Waals surface area contributed by atoms with Gasteiger partial charge in [-0.3, -0.25) is 4.79 Å². The van der Waals surface area contributed by atoms with Crippen LogP contribution in [0.1, 0.15) is 22.3 Å². The number of amides is 1. The van der Waals surface area contributed by atoms with Gasteiger partial charge in [-0.2, -0.15) is 13.2 Å². The molecule has 0 unspecified atom stereocenters. The summed E-state index contributed by atoms with van der Waals surface area (Å²) >= 11 is 0. The number of carbonyl (C=O) groups excluding carboxylic acids is 1. The summed E-state index contributed by atoms with van der Waals surface area (Å²) in [5.74, 6) is -3.32. The molecule has 1 amide bonds. The van der Waals surface area contributed by atoms with E-state index in [-0.39, 0.29) is 16.9 Å². The SMILES string of the molecule is Cc1cccc(F)c1C(=O)N1CC2(CCN(C)C2)C1.O=C(O)C(F)(F)F. The highest BCUT2D eigenvalue weighted by molar-refractivity contribution is 5.96. The average Bonchev–Trinajstić information content (AvgIpc) is 2.87. The number of carboxylic acid groups (broad SMARTS) is 1. The first kappa shape index (κ1) is 20.2. The van der Waals surface area contributed by atoms with Crippen molar-refractivity contribution in [2.24, 2.45) is 5.41 Å². The Labute approximate surface area is 148 Å². The van der Waals surface area contributed by atoms with Gasteiger partial charge in [0.2, 0.25) is 0 Å². The van der Waals surface area contributed by atoms with Crippen LogP contribution in [0.3, 0.4) is 0 Å². The highest BCUT2D eigenvalue weighted by Gasteiger charge is 2.48. The Morgan fingerprint density at radius 1 is 1.19 bits per heavy atom. The summed E-state index contributed by atoms with van der Waals surface area (Å²) < 4.78 is 45.5. The number of alkyl halides is 3. The maximum Gasteiger partial charge on any atom is 0.490 e. The molecule has 144 valence electrons. The average molecular weight is 376 g/mol. The molecule has 26 heavy (non-hydrogen) atoms. The Kier molecular flexibility index (Phi) is 5.60. The number of likely N-dealkylation sites (tertiary alicyclic amines) is 2. The van der Waals surface area contributed by atoms with E-state index in [0.29, 0.717) is 0 Å². The Morgan fingerprint density at radius 3 is 2.19 bits per heavy atom. The summed E-state index contributed by atoms with van der Waals surface area (Å²) in [6, 6.07) is 4.79. The monoisotopic (exact) mass is 376 g/mol. The molecule has 0 saturated carbocycles. The van der Waals surface area contributed by atoms with Crippen molar-refractivity contribution >= 4 is 11.9 Å². The predicted octanol–water partition coefficient (Wildman–Crippen LogP) is 2.55. The zero-order valence-electron chi connectivity index (χ0n) is 14.4. The van der Waals surface area contributed by atoms with Crippen LogP contribution in [0.5, 0.6) is 0 Å². The third kappa shape index (κ3) is 4.32. The van der Waals surface area contributed by atoms with Crippen molar-refractivity contribution < 1.29 is 32.3 Å². The molecule has 9 heteroatoms. The van der Waals surface area contributed by atoms with Gasteiger partial charge in [0.25, 0.3) is 5.91 Å². The molecule has 2 fully saturated rings. The van der Waals surface area contributed by atoms with Crippen LogP contribution < -0.4 is 0 Å².